The summed E-state index contributed by atoms with van der Waals surface area (Å²) in [6.07, 6.45) is 0. The van der Waals surface area contributed by atoms with E-state index in [0.29, 0.717) is 0 Å². The van der Waals surface area contributed by atoms with Gasteiger partial charge in [-0.05, 0) is 68.8 Å². The number of benzene rings is 5. The van der Waals surface area contributed by atoms with Gasteiger partial charge in [0.05, 0.1) is 0 Å². The number of hydrogen-bond acceptors (Lipinski definition) is 1. The maximum Gasteiger partial charge on any atom is 0.179 e. The van der Waals surface area contributed by atoms with Crippen LogP contribution in [0.3, 0.4) is 0 Å². The fourth-order valence-corrected chi connectivity index (χ4v) is 10.6. The molecule has 0 saturated carbocycles. The van der Waals surface area contributed by atoms with Crippen molar-refractivity contribution in [2.24, 2.45) is 0 Å². The third-order valence-electron chi connectivity index (χ3n) is 7.61. The Hall–Kier alpha value is -3.88. The third kappa shape index (κ3) is 4.84. The molecule has 0 spiro atoms. The van der Waals surface area contributed by atoms with Crippen molar-refractivity contribution in [2.75, 3.05) is 5.32 Å². The molecule has 0 amide bonds. The lowest BCUT2D eigenvalue weighted by Crippen LogP contribution is -2.74. The summed E-state index contributed by atoms with van der Waals surface area (Å²) in [5.74, 6) is 0. The number of rotatable bonds is 6. The Morgan fingerprint density at radius 2 is 0.895 bits per heavy atom. The molecule has 0 heterocycles. The molecule has 0 aliphatic rings. The lowest BCUT2D eigenvalue weighted by atomic mass is 9.87. The topological polar surface area (TPSA) is 12.0 Å². The van der Waals surface area contributed by atoms with Crippen LogP contribution >= 0.6 is 0 Å². The monoisotopic (exact) mass is 511 g/mol. The van der Waals surface area contributed by atoms with Gasteiger partial charge in [0.25, 0.3) is 0 Å². The predicted octanol–water partition coefficient (Wildman–Crippen LogP) is 6.72. The van der Waals surface area contributed by atoms with E-state index >= 15 is 0 Å². The van der Waals surface area contributed by atoms with Gasteiger partial charge in [-0.25, -0.2) is 0 Å². The largest absolute Gasteiger partial charge is 0.355 e. The normalized spacial score (nSPS) is 11.8. The van der Waals surface area contributed by atoms with Crippen molar-refractivity contribution in [1.29, 1.82) is 0 Å². The molecule has 1 N–H and O–H groups in total. The highest BCUT2D eigenvalue weighted by molar-refractivity contribution is 7.19. The second kappa shape index (κ2) is 10.5. The standard InChI is InChI=1S/C36H37NSi/c1-27-25-34(26-28(2)35(27)37-30-23-21-29(22-24-30)36(3,4)5)38(31-15-9-6-10-16-31,32-17-11-7-12-18-32)33-19-13-8-14-20-33/h6-26,37H,1-5H3. The molecule has 0 fully saturated rings. The van der Waals surface area contributed by atoms with Crippen LogP contribution in [0.2, 0.25) is 0 Å². The molecule has 1 nitrogen and oxygen atoms in total. The minimum Gasteiger partial charge on any atom is -0.355 e. The van der Waals surface area contributed by atoms with E-state index in [-0.39, 0.29) is 5.41 Å². The Morgan fingerprint density at radius 3 is 1.26 bits per heavy atom. The van der Waals surface area contributed by atoms with E-state index in [1.807, 2.05) is 0 Å². The van der Waals surface area contributed by atoms with Crippen LogP contribution in [-0.4, -0.2) is 8.07 Å². The highest BCUT2D eigenvalue weighted by Gasteiger charge is 2.41. The van der Waals surface area contributed by atoms with E-state index in [9.17, 15) is 0 Å². The van der Waals surface area contributed by atoms with E-state index < -0.39 is 8.07 Å². The van der Waals surface area contributed by atoms with Gasteiger partial charge in [0.2, 0.25) is 0 Å². The molecular formula is C36H37NSi. The fourth-order valence-electron chi connectivity index (χ4n) is 5.64. The molecule has 5 rings (SSSR count). The summed E-state index contributed by atoms with van der Waals surface area (Å²) in [5, 5.41) is 9.33. The van der Waals surface area contributed by atoms with Gasteiger partial charge in [-0.2, -0.15) is 0 Å². The van der Waals surface area contributed by atoms with Gasteiger partial charge >= 0.3 is 0 Å². The molecule has 0 radical (unpaired) electrons. The minimum absolute atomic E-state index is 0.145. The van der Waals surface area contributed by atoms with Crippen molar-refractivity contribution in [1.82, 2.24) is 0 Å². The van der Waals surface area contributed by atoms with Crippen LogP contribution < -0.4 is 26.1 Å². The molecule has 5 aromatic rings. The lowest BCUT2D eigenvalue weighted by molar-refractivity contribution is 0.590. The average molecular weight is 512 g/mol. The SMILES string of the molecule is Cc1cc([Si](c2ccccc2)(c2ccccc2)c2ccccc2)cc(C)c1Nc1ccc(C(C)(C)C)cc1. The fraction of sp³-hybridized carbons (Fsp3) is 0.167. The van der Waals surface area contributed by atoms with Crippen LogP contribution in [0.15, 0.2) is 127 Å². The highest BCUT2D eigenvalue weighted by Crippen LogP contribution is 2.28. The van der Waals surface area contributed by atoms with Crippen molar-refractivity contribution >= 4 is 40.2 Å². The third-order valence-corrected chi connectivity index (χ3v) is 12.4. The number of hydrogen-bond donors (Lipinski definition) is 1. The summed E-state index contributed by atoms with van der Waals surface area (Å²) in [7, 11) is -2.53. The zero-order valence-electron chi connectivity index (χ0n) is 23.1. The second-order valence-corrected chi connectivity index (χ2v) is 15.1. The summed E-state index contributed by atoms with van der Waals surface area (Å²) in [5.41, 5.74) is 6.33. The van der Waals surface area contributed by atoms with Crippen molar-refractivity contribution in [3.8, 4) is 0 Å². The van der Waals surface area contributed by atoms with Crippen molar-refractivity contribution < 1.29 is 0 Å². The average Bonchev–Trinajstić information content (AvgIpc) is 2.93. The van der Waals surface area contributed by atoms with Crippen LogP contribution in [0.4, 0.5) is 11.4 Å². The van der Waals surface area contributed by atoms with E-state index in [2.05, 4.69) is 167 Å². The van der Waals surface area contributed by atoms with Gasteiger partial charge < -0.3 is 5.32 Å². The van der Waals surface area contributed by atoms with E-state index in [4.69, 9.17) is 0 Å². The van der Waals surface area contributed by atoms with E-state index in [1.54, 1.807) is 0 Å². The Balaban J connectivity index is 1.68. The van der Waals surface area contributed by atoms with Crippen LogP contribution in [0.25, 0.3) is 0 Å². The van der Waals surface area contributed by atoms with Crippen molar-refractivity contribution in [3.63, 3.8) is 0 Å². The van der Waals surface area contributed by atoms with Gasteiger partial charge in [0, 0.05) is 11.4 Å². The Kier molecular flexibility index (Phi) is 7.10. The first kappa shape index (κ1) is 25.8. The van der Waals surface area contributed by atoms with Crippen LogP contribution in [0.1, 0.15) is 37.5 Å². The number of anilines is 2. The summed E-state index contributed by atoms with van der Waals surface area (Å²) in [4.78, 5) is 0. The van der Waals surface area contributed by atoms with E-state index in [0.717, 1.165) is 5.69 Å². The molecule has 0 aliphatic heterocycles. The quantitative estimate of drug-likeness (QED) is 0.197. The minimum atomic E-state index is -2.53. The Morgan fingerprint density at radius 1 is 0.500 bits per heavy atom. The van der Waals surface area contributed by atoms with Crippen molar-refractivity contribution in [3.05, 3.63) is 144 Å². The lowest BCUT2D eigenvalue weighted by Gasteiger charge is -2.35. The molecule has 0 aromatic heterocycles. The maximum atomic E-state index is 3.73. The highest BCUT2D eigenvalue weighted by atomic mass is 28.3. The predicted molar refractivity (Wildman–Crippen MR) is 168 cm³/mol. The summed E-state index contributed by atoms with van der Waals surface area (Å²) in [6.45, 7) is 11.2. The molecule has 38 heavy (non-hydrogen) atoms. The van der Waals surface area contributed by atoms with Gasteiger partial charge in [-0.1, -0.05) is 136 Å². The first-order valence-corrected chi connectivity index (χ1v) is 15.5. The van der Waals surface area contributed by atoms with Gasteiger partial charge in [-0.3, -0.25) is 0 Å². The summed E-state index contributed by atoms with van der Waals surface area (Å²) >= 11 is 0. The summed E-state index contributed by atoms with van der Waals surface area (Å²) < 4.78 is 0. The van der Waals surface area contributed by atoms with Gasteiger partial charge in [-0.15, -0.1) is 0 Å². The number of aryl methyl sites for hydroxylation is 2. The van der Waals surface area contributed by atoms with Gasteiger partial charge in [0.15, 0.2) is 8.07 Å². The number of nitrogens with one attached hydrogen (secondary N) is 1. The zero-order valence-corrected chi connectivity index (χ0v) is 24.1. The summed E-state index contributed by atoms with van der Waals surface area (Å²) in [6, 6.07) is 47.1. The zero-order chi connectivity index (χ0) is 26.8. The molecule has 0 bridgehead atoms. The smallest absolute Gasteiger partial charge is 0.179 e. The Bertz CT molecular complexity index is 1380. The van der Waals surface area contributed by atoms with E-state index in [1.165, 1.54) is 43.1 Å². The second-order valence-electron chi connectivity index (χ2n) is 11.3. The molecule has 5 aromatic carbocycles. The maximum absolute atomic E-state index is 3.73. The molecule has 2 heteroatoms. The molecule has 0 atom stereocenters. The van der Waals surface area contributed by atoms with Gasteiger partial charge in [0.1, 0.15) is 0 Å². The first-order valence-electron chi connectivity index (χ1n) is 13.5. The van der Waals surface area contributed by atoms with Crippen LogP contribution in [0.5, 0.6) is 0 Å². The first-order chi connectivity index (χ1) is 18.3. The van der Waals surface area contributed by atoms with Crippen molar-refractivity contribution in [2.45, 2.75) is 40.0 Å². The van der Waals surface area contributed by atoms with Crippen LogP contribution in [-0.2, 0) is 5.41 Å². The van der Waals surface area contributed by atoms with Crippen LogP contribution in [0, 0.1) is 13.8 Å². The Labute approximate surface area is 229 Å². The molecule has 0 aliphatic carbocycles. The molecule has 0 saturated heterocycles. The molecule has 0 unspecified atom stereocenters. The molecular weight excluding hydrogens is 474 g/mol. The molecule has 190 valence electrons.